The van der Waals surface area contributed by atoms with Crippen molar-refractivity contribution in [3.63, 3.8) is 0 Å². The number of ether oxygens (including phenoxy) is 1. The molecule has 3 N–H and O–H groups in total. The molecule has 0 radical (unpaired) electrons. The molecule has 0 rings (SSSR count). The predicted octanol–water partition coefficient (Wildman–Crippen LogP) is 21.8. The molecule has 0 spiro atoms. The van der Waals surface area contributed by atoms with E-state index < -0.39 is 12.1 Å². The van der Waals surface area contributed by atoms with Crippen LogP contribution < -0.4 is 5.32 Å². The Bertz CT molecular complexity index is 1170. The maximum Gasteiger partial charge on any atom is 0.305 e. The summed E-state index contributed by atoms with van der Waals surface area (Å²) in [6, 6.07) is -0.538. The van der Waals surface area contributed by atoms with Gasteiger partial charge in [-0.25, -0.2) is 0 Å². The van der Waals surface area contributed by atoms with Crippen LogP contribution in [0.5, 0.6) is 0 Å². The SMILES string of the molecule is CCCC/C=C\C/C=C\CCCCCCCC(=O)OCCCCCCCCCCCCCCCCCCCCCCCCCCCCCCCC(=O)NC(CO)C(O)CCCCCCCCCCCCCCCCC. The highest BCUT2D eigenvalue weighted by atomic mass is 16.5. The second-order valence-corrected chi connectivity index (χ2v) is 23.5. The molecule has 0 aliphatic rings. The Hall–Kier alpha value is -1.66. The summed E-state index contributed by atoms with van der Waals surface area (Å²) in [7, 11) is 0. The fraction of sp³-hybridized carbons (Fsp3) is 0.913. The predicted molar refractivity (Wildman–Crippen MR) is 329 cm³/mol. The molecule has 0 saturated carbocycles. The average Bonchev–Trinajstić information content (AvgIpc) is 3.41. The van der Waals surface area contributed by atoms with Crippen LogP contribution in [0.3, 0.4) is 0 Å². The van der Waals surface area contributed by atoms with Crippen molar-refractivity contribution in [3.05, 3.63) is 24.3 Å². The molecule has 0 aliphatic carbocycles. The van der Waals surface area contributed by atoms with E-state index in [2.05, 4.69) is 43.5 Å². The first-order valence-corrected chi connectivity index (χ1v) is 34.1. The van der Waals surface area contributed by atoms with E-state index in [1.807, 2.05) is 0 Å². The molecule has 2 atom stereocenters. The maximum absolute atomic E-state index is 12.5. The van der Waals surface area contributed by atoms with Crippen LogP contribution in [0, 0.1) is 0 Å². The molecule has 0 aromatic carbocycles. The van der Waals surface area contributed by atoms with Crippen LogP contribution in [0.2, 0.25) is 0 Å². The highest BCUT2D eigenvalue weighted by Gasteiger charge is 2.20. The summed E-state index contributed by atoms with van der Waals surface area (Å²) in [6.45, 7) is 4.94. The van der Waals surface area contributed by atoms with Crippen LogP contribution >= 0.6 is 0 Å². The molecule has 75 heavy (non-hydrogen) atoms. The quantitative estimate of drug-likeness (QED) is 0.0320. The topological polar surface area (TPSA) is 95.9 Å². The number of rotatable bonds is 64. The van der Waals surface area contributed by atoms with Crippen LogP contribution in [-0.4, -0.2) is 47.4 Å². The number of esters is 1. The largest absolute Gasteiger partial charge is 0.466 e. The van der Waals surface area contributed by atoms with Crippen molar-refractivity contribution in [3.8, 4) is 0 Å². The molecule has 1 amide bonds. The maximum atomic E-state index is 12.5. The van der Waals surface area contributed by atoms with E-state index >= 15 is 0 Å². The monoisotopic (exact) mass is 1060 g/mol. The van der Waals surface area contributed by atoms with Gasteiger partial charge in [-0.2, -0.15) is 0 Å². The van der Waals surface area contributed by atoms with Gasteiger partial charge in [-0.05, 0) is 51.4 Å². The van der Waals surface area contributed by atoms with Crippen molar-refractivity contribution in [2.24, 2.45) is 0 Å². The molecule has 0 bridgehead atoms. The fourth-order valence-electron chi connectivity index (χ4n) is 10.8. The Labute approximate surface area is 469 Å². The number of carbonyl (C=O) groups excluding carboxylic acids is 2. The third-order valence-corrected chi connectivity index (χ3v) is 16.0. The summed E-state index contributed by atoms with van der Waals surface area (Å²) < 4.78 is 5.48. The van der Waals surface area contributed by atoms with Crippen molar-refractivity contribution >= 4 is 11.9 Å². The zero-order valence-corrected chi connectivity index (χ0v) is 50.8. The smallest absolute Gasteiger partial charge is 0.305 e. The number of hydrogen-bond donors (Lipinski definition) is 3. The number of unbranched alkanes of at least 4 members (excludes halogenated alkanes) is 49. The first kappa shape index (κ1) is 73.3. The van der Waals surface area contributed by atoms with Crippen LogP contribution in [0.4, 0.5) is 0 Å². The van der Waals surface area contributed by atoms with Crippen molar-refractivity contribution in [2.45, 2.75) is 392 Å². The molecule has 444 valence electrons. The Morgan fingerprint density at radius 1 is 0.373 bits per heavy atom. The Morgan fingerprint density at radius 3 is 1.05 bits per heavy atom. The summed E-state index contributed by atoms with van der Waals surface area (Å²) in [5.41, 5.74) is 0. The van der Waals surface area contributed by atoms with Crippen molar-refractivity contribution < 1.29 is 24.5 Å². The number of allylic oxidation sites excluding steroid dienone is 4. The molecular formula is C69H133NO5. The van der Waals surface area contributed by atoms with Gasteiger partial charge in [0.15, 0.2) is 0 Å². The van der Waals surface area contributed by atoms with Crippen LogP contribution in [0.25, 0.3) is 0 Å². The highest BCUT2D eigenvalue weighted by molar-refractivity contribution is 5.76. The minimum absolute atomic E-state index is 0.00528. The van der Waals surface area contributed by atoms with Gasteiger partial charge >= 0.3 is 5.97 Å². The van der Waals surface area contributed by atoms with Gasteiger partial charge in [-0.1, -0.05) is 340 Å². The van der Waals surface area contributed by atoms with E-state index in [1.54, 1.807) is 0 Å². The second-order valence-electron chi connectivity index (χ2n) is 23.5. The molecule has 0 aromatic heterocycles. The van der Waals surface area contributed by atoms with Gasteiger partial charge in [0, 0.05) is 12.8 Å². The molecule has 0 fully saturated rings. The van der Waals surface area contributed by atoms with Crippen molar-refractivity contribution in [2.75, 3.05) is 13.2 Å². The first-order valence-electron chi connectivity index (χ1n) is 34.1. The molecule has 6 nitrogen and oxygen atoms in total. The van der Waals surface area contributed by atoms with Gasteiger partial charge in [0.1, 0.15) is 0 Å². The van der Waals surface area contributed by atoms with Gasteiger partial charge in [0.05, 0.1) is 25.4 Å². The molecular weight excluding hydrogens is 923 g/mol. The number of aliphatic hydroxyl groups excluding tert-OH is 2. The van der Waals surface area contributed by atoms with E-state index in [0.29, 0.717) is 25.9 Å². The molecule has 0 aromatic rings. The standard InChI is InChI=1S/C69H133NO5/c1-3-5-7-9-11-13-15-17-34-37-41-45-49-53-57-61-67(72)66(65-71)70-68(73)62-58-54-50-46-42-38-35-32-30-28-26-24-22-20-19-21-23-25-27-29-31-33-36-40-44-48-52-56-60-64-75-69(74)63-59-55-51-47-43-39-18-16-14-12-10-8-6-4-2/h10,12,16,18,66-67,71-72H,3-9,11,13-15,17,19-65H2,1-2H3,(H,70,73)/b12-10-,18-16-. The average molecular weight is 1060 g/mol. The van der Waals surface area contributed by atoms with Gasteiger partial charge < -0.3 is 20.3 Å². The fourth-order valence-corrected chi connectivity index (χ4v) is 10.8. The molecule has 6 heteroatoms. The van der Waals surface area contributed by atoms with E-state index in [9.17, 15) is 19.8 Å². The number of amides is 1. The molecule has 2 unspecified atom stereocenters. The highest BCUT2D eigenvalue weighted by Crippen LogP contribution is 2.19. The van der Waals surface area contributed by atoms with Crippen LogP contribution in [0.1, 0.15) is 380 Å². The molecule has 0 aliphatic heterocycles. The molecule has 0 heterocycles. The second kappa shape index (κ2) is 64.9. The van der Waals surface area contributed by atoms with Gasteiger partial charge in [0.25, 0.3) is 0 Å². The number of hydrogen-bond acceptors (Lipinski definition) is 5. The third kappa shape index (κ3) is 61.4. The lowest BCUT2D eigenvalue weighted by atomic mass is 10.0. The van der Waals surface area contributed by atoms with Crippen molar-refractivity contribution in [1.82, 2.24) is 5.32 Å². The summed E-state index contributed by atoms with van der Waals surface area (Å²) in [5, 5.41) is 23.3. The lowest BCUT2D eigenvalue weighted by Crippen LogP contribution is -2.45. The first-order chi connectivity index (χ1) is 37.0. The zero-order chi connectivity index (χ0) is 54.3. The number of nitrogens with one attached hydrogen (secondary N) is 1. The van der Waals surface area contributed by atoms with Gasteiger partial charge in [-0.3, -0.25) is 9.59 Å². The Balaban J connectivity index is 3.33. The van der Waals surface area contributed by atoms with Gasteiger partial charge in [-0.15, -0.1) is 0 Å². The van der Waals surface area contributed by atoms with E-state index in [1.165, 1.54) is 295 Å². The minimum Gasteiger partial charge on any atom is -0.466 e. The third-order valence-electron chi connectivity index (χ3n) is 16.0. The lowest BCUT2D eigenvalue weighted by molar-refractivity contribution is -0.143. The Morgan fingerprint density at radius 2 is 0.680 bits per heavy atom. The van der Waals surface area contributed by atoms with Gasteiger partial charge in [0.2, 0.25) is 5.91 Å². The minimum atomic E-state index is -0.661. The summed E-state index contributed by atoms with van der Waals surface area (Å²) in [4.78, 5) is 24.6. The van der Waals surface area contributed by atoms with E-state index in [0.717, 1.165) is 51.4 Å². The number of carbonyl (C=O) groups is 2. The van der Waals surface area contributed by atoms with Crippen molar-refractivity contribution in [1.29, 1.82) is 0 Å². The molecule has 0 saturated heterocycles. The lowest BCUT2D eigenvalue weighted by Gasteiger charge is -2.22. The Kier molecular flexibility index (Phi) is 63.4. The number of aliphatic hydroxyl groups is 2. The van der Waals surface area contributed by atoms with E-state index in [4.69, 9.17) is 4.74 Å². The normalized spacial score (nSPS) is 12.6. The van der Waals surface area contributed by atoms with Crippen LogP contribution in [-0.2, 0) is 14.3 Å². The summed E-state index contributed by atoms with van der Waals surface area (Å²) in [5.74, 6) is -0.0235. The zero-order valence-electron chi connectivity index (χ0n) is 50.8. The van der Waals surface area contributed by atoms with E-state index in [-0.39, 0.29) is 18.5 Å². The van der Waals surface area contributed by atoms with Crippen LogP contribution in [0.15, 0.2) is 24.3 Å². The summed E-state index contributed by atoms with van der Waals surface area (Å²) in [6.07, 6.45) is 80.8. The summed E-state index contributed by atoms with van der Waals surface area (Å²) >= 11 is 0.